The zero-order chi connectivity index (χ0) is 26.9. The van der Waals surface area contributed by atoms with E-state index in [-0.39, 0.29) is 22.8 Å². The van der Waals surface area contributed by atoms with Crippen LogP contribution in [0, 0.1) is 0 Å². The Hall–Kier alpha value is -5.36. The number of hydrogen-bond acceptors (Lipinski definition) is 5. The minimum atomic E-state index is -1.02. The highest BCUT2D eigenvalue weighted by Gasteiger charge is 2.47. The van der Waals surface area contributed by atoms with Gasteiger partial charge in [-0.05, 0) is 52.7 Å². The number of phenolic OH excluding ortho intramolecular Hbond substituents is 1. The molecule has 5 aromatic carbocycles. The van der Waals surface area contributed by atoms with Crippen LogP contribution in [0.2, 0.25) is 0 Å². The summed E-state index contributed by atoms with van der Waals surface area (Å²) in [5.41, 5.74) is 1.06. The molecule has 1 aliphatic heterocycles. The van der Waals surface area contributed by atoms with Gasteiger partial charge in [0.15, 0.2) is 0 Å². The molecule has 1 fully saturated rings. The largest absolute Gasteiger partial charge is 0.507 e. The first-order valence-corrected chi connectivity index (χ1v) is 12.4. The molecule has 1 unspecified atom stereocenters. The molecule has 1 amide bonds. The second kappa shape index (κ2) is 9.84. The van der Waals surface area contributed by atoms with Crippen LogP contribution in [0.3, 0.4) is 0 Å². The van der Waals surface area contributed by atoms with Crippen LogP contribution < -0.4 is 9.64 Å². The first-order chi connectivity index (χ1) is 19.0. The van der Waals surface area contributed by atoms with Gasteiger partial charge in [-0.1, -0.05) is 84.9 Å². The maximum absolute atomic E-state index is 13.6. The zero-order valence-electron chi connectivity index (χ0n) is 20.7. The molecule has 5 aromatic rings. The number of phenols is 1. The van der Waals surface area contributed by atoms with Crippen LogP contribution in [-0.4, -0.2) is 21.9 Å². The lowest BCUT2D eigenvalue weighted by Gasteiger charge is -2.26. The van der Waals surface area contributed by atoms with Crippen molar-refractivity contribution >= 4 is 33.9 Å². The second-order valence-electron chi connectivity index (χ2n) is 9.17. The molecule has 6 rings (SSSR count). The molecule has 190 valence electrons. The highest BCUT2D eigenvalue weighted by Crippen LogP contribution is 2.45. The number of ketones is 1. The summed E-state index contributed by atoms with van der Waals surface area (Å²) in [6.45, 7) is 0. The van der Waals surface area contributed by atoms with Crippen molar-refractivity contribution in [1.29, 1.82) is 0 Å². The fourth-order valence-corrected chi connectivity index (χ4v) is 5.01. The minimum absolute atomic E-state index is 0.0727. The van der Waals surface area contributed by atoms with E-state index in [0.29, 0.717) is 22.6 Å². The number of aliphatic hydroxyl groups is 1. The van der Waals surface area contributed by atoms with E-state index < -0.39 is 17.7 Å². The lowest BCUT2D eigenvalue weighted by atomic mass is 9.93. The van der Waals surface area contributed by atoms with Gasteiger partial charge in [-0.2, -0.15) is 0 Å². The number of amides is 1. The average Bonchev–Trinajstić information content (AvgIpc) is 3.23. The van der Waals surface area contributed by atoms with Gasteiger partial charge in [-0.15, -0.1) is 0 Å². The lowest BCUT2D eigenvalue weighted by Crippen LogP contribution is -2.29. The van der Waals surface area contributed by atoms with E-state index in [9.17, 15) is 19.8 Å². The summed E-state index contributed by atoms with van der Waals surface area (Å²) in [7, 11) is 0. The number of anilines is 1. The van der Waals surface area contributed by atoms with E-state index in [1.165, 1.54) is 11.0 Å². The summed E-state index contributed by atoms with van der Waals surface area (Å²) >= 11 is 0. The minimum Gasteiger partial charge on any atom is -0.507 e. The van der Waals surface area contributed by atoms with Crippen LogP contribution in [0.5, 0.6) is 17.2 Å². The molecule has 1 aliphatic rings. The standard InChI is InChI=1S/C33H23NO5/c35-28-19-7-6-18-27(28)34-30(22-12-8-15-24(20-22)39-23-13-2-1-3-14-23)29(32(37)33(34)38)31(36)26-17-9-11-21-10-4-5-16-25(21)26/h1-20,30,35-36H/b31-29-. The van der Waals surface area contributed by atoms with Gasteiger partial charge < -0.3 is 14.9 Å². The maximum atomic E-state index is 13.6. The monoisotopic (exact) mass is 513 g/mol. The van der Waals surface area contributed by atoms with Crippen molar-refractivity contribution < 1.29 is 24.5 Å². The van der Waals surface area contributed by atoms with Crippen LogP contribution in [0.15, 0.2) is 127 Å². The molecule has 6 heteroatoms. The molecular weight excluding hydrogens is 490 g/mol. The third kappa shape index (κ3) is 4.28. The molecule has 0 aliphatic carbocycles. The van der Waals surface area contributed by atoms with Crippen molar-refractivity contribution in [2.45, 2.75) is 6.04 Å². The van der Waals surface area contributed by atoms with Crippen LogP contribution in [0.25, 0.3) is 16.5 Å². The topological polar surface area (TPSA) is 87.1 Å². The summed E-state index contributed by atoms with van der Waals surface area (Å²) in [4.78, 5) is 28.3. The van der Waals surface area contributed by atoms with Crippen molar-refractivity contribution in [3.63, 3.8) is 0 Å². The molecule has 1 saturated heterocycles. The molecule has 39 heavy (non-hydrogen) atoms. The molecule has 0 radical (unpaired) electrons. The lowest BCUT2D eigenvalue weighted by molar-refractivity contribution is -0.132. The average molecular weight is 514 g/mol. The van der Waals surface area contributed by atoms with Crippen molar-refractivity contribution in [3.05, 3.63) is 138 Å². The number of carbonyl (C=O) groups is 2. The molecule has 0 spiro atoms. The summed E-state index contributed by atoms with van der Waals surface area (Å²) < 4.78 is 6.02. The maximum Gasteiger partial charge on any atom is 0.300 e. The molecule has 1 heterocycles. The fraction of sp³-hybridized carbons (Fsp3) is 0.0303. The van der Waals surface area contributed by atoms with Gasteiger partial charge in [0.2, 0.25) is 0 Å². The van der Waals surface area contributed by atoms with Gasteiger partial charge in [0.05, 0.1) is 17.3 Å². The molecule has 0 aromatic heterocycles. The highest BCUT2D eigenvalue weighted by molar-refractivity contribution is 6.52. The Morgan fingerprint density at radius 1 is 0.718 bits per heavy atom. The number of Topliss-reactive ketones (excluding diaryl/α,β-unsaturated/α-hetero) is 1. The Kier molecular flexibility index (Phi) is 6.05. The Labute approximate surface area is 224 Å². The second-order valence-corrected chi connectivity index (χ2v) is 9.17. The molecule has 6 nitrogen and oxygen atoms in total. The van der Waals surface area contributed by atoms with E-state index in [1.807, 2.05) is 60.7 Å². The van der Waals surface area contributed by atoms with Gasteiger partial charge >= 0.3 is 0 Å². The highest BCUT2D eigenvalue weighted by atomic mass is 16.5. The number of rotatable bonds is 5. The Morgan fingerprint density at radius 3 is 2.21 bits per heavy atom. The van der Waals surface area contributed by atoms with Crippen molar-refractivity contribution in [2.75, 3.05) is 4.90 Å². The summed E-state index contributed by atoms with van der Waals surface area (Å²) in [6.07, 6.45) is 0. The van der Waals surface area contributed by atoms with E-state index >= 15 is 0 Å². The van der Waals surface area contributed by atoms with Gasteiger partial charge in [0.25, 0.3) is 11.7 Å². The normalized spacial score (nSPS) is 16.5. The number of benzene rings is 5. The van der Waals surface area contributed by atoms with Crippen LogP contribution in [0.4, 0.5) is 5.69 Å². The van der Waals surface area contributed by atoms with E-state index in [0.717, 1.165) is 10.8 Å². The summed E-state index contributed by atoms with van der Waals surface area (Å²) in [6, 6.07) is 34.5. The fourth-order valence-electron chi connectivity index (χ4n) is 5.01. The number of fused-ring (bicyclic) bond motifs is 1. The predicted molar refractivity (Wildman–Crippen MR) is 150 cm³/mol. The number of hydrogen-bond donors (Lipinski definition) is 2. The van der Waals surface area contributed by atoms with Crippen molar-refractivity contribution in [1.82, 2.24) is 0 Å². The molecule has 0 saturated carbocycles. The third-order valence-corrected chi connectivity index (χ3v) is 6.78. The SMILES string of the molecule is O=C1C(=O)N(c2ccccc2O)C(c2cccc(Oc3ccccc3)c2)/C1=C(/O)c1cccc2ccccc12. The van der Waals surface area contributed by atoms with Crippen LogP contribution in [0.1, 0.15) is 17.2 Å². The predicted octanol–water partition coefficient (Wildman–Crippen LogP) is 6.96. The zero-order valence-corrected chi connectivity index (χ0v) is 20.7. The number of aromatic hydroxyl groups is 1. The first-order valence-electron chi connectivity index (χ1n) is 12.4. The van der Waals surface area contributed by atoms with Gasteiger partial charge in [0, 0.05) is 5.56 Å². The number of nitrogens with zero attached hydrogens (tertiary/aromatic N) is 1. The molecule has 0 bridgehead atoms. The molecule has 1 atom stereocenters. The van der Waals surface area contributed by atoms with Gasteiger partial charge in [-0.25, -0.2) is 0 Å². The molecular formula is C33H23NO5. The Bertz CT molecular complexity index is 1750. The third-order valence-electron chi connectivity index (χ3n) is 6.78. The van der Waals surface area contributed by atoms with Gasteiger partial charge in [0.1, 0.15) is 23.0 Å². The van der Waals surface area contributed by atoms with Crippen molar-refractivity contribution in [2.24, 2.45) is 0 Å². The number of ether oxygens (including phenoxy) is 1. The van der Waals surface area contributed by atoms with E-state index in [1.54, 1.807) is 54.6 Å². The summed E-state index contributed by atoms with van der Waals surface area (Å²) in [5.74, 6) is -1.03. The Morgan fingerprint density at radius 2 is 1.38 bits per heavy atom. The summed E-state index contributed by atoms with van der Waals surface area (Å²) in [5, 5.41) is 23.9. The number of carbonyl (C=O) groups excluding carboxylic acids is 2. The number of aliphatic hydroxyl groups excluding tert-OH is 1. The Balaban J connectivity index is 1.56. The molecule has 2 N–H and O–H groups in total. The van der Waals surface area contributed by atoms with Crippen molar-refractivity contribution in [3.8, 4) is 17.2 Å². The van der Waals surface area contributed by atoms with E-state index in [2.05, 4.69) is 0 Å². The number of para-hydroxylation sites is 3. The van der Waals surface area contributed by atoms with Crippen LogP contribution in [-0.2, 0) is 9.59 Å². The first kappa shape index (κ1) is 24.0. The smallest absolute Gasteiger partial charge is 0.300 e. The quantitative estimate of drug-likeness (QED) is 0.151. The van der Waals surface area contributed by atoms with E-state index in [4.69, 9.17) is 4.74 Å². The van der Waals surface area contributed by atoms with Gasteiger partial charge in [-0.3, -0.25) is 14.5 Å². The van der Waals surface area contributed by atoms with Crippen LogP contribution >= 0.6 is 0 Å².